The van der Waals surface area contributed by atoms with Crippen LogP contribution in [0.5, 0.6) is 0 Å². The van der Waals surface area contributed by atoms with E-state index in [0.29, 0.717) is 13.0 Å². The Morgan fingerprint density at radius 3 is 2.67 bits per heavy atom. The molecule has 0 aliphatic rings. The third-order valence-electron chi connectivity index (χ3n) is 3.39. The van der Waals surface area contributed by atoms with Gasteiger partial charge in [0.2, 0.25) is 0 Å². The highest BCUT2D eigenvalue weighted by atomic mass is 16.5. The minimum absolute atomic E-state index is 0.232. The van der Waals surface area contributed by atoms with Crippen molar-refractivity contribution in [3.8, 4) is 0 Å². The summed E-state index contributed by atoms with van der Waals surface area (Å²) in [5.41, 5.74) is 1.92. The summed E-state index contributed by atoms with van der Waals surface area (Å²) in [4.78, 5) is 15.2. The van der Waals surface area contributed by atoms with Gasteiger partial charge in [0.25, 0.3) is 0 Å². The number of carbonyl (C=O) groups is 1. The van der Waals surface area contributed by atoms with Crippen molar-refractivity contribution in [3.05, 3.63) is 36.0 Å². The lowest BCUT2D eigenvalue weighted by Gasteiger charge is -2.23. The van der Waals surface area contributed by atoms with E-state index in [4.69, 9.17) is 9.47 Å². The molecule has 1 atom stereocenters. The molecular formula is C17H23NO3. The van der Waals surface area contributed by atoms with E-state index >= 15 is 0 Å². The summed E-state index contributed by atoms with van der Waals surface area (Å²) in [5.74, 6) is -0.530. The number of methoxy groups -OCH3 is 1. The molecule has 0 spiro atoms. The van der Waals surface area contributed by atoms with E-state index in [1.807, 2.05) is 45.2 Å². The number of aromatic amines is 1. The molecule has 114 valence electrons. The van der Waals surface area contributed by atoms with Crippen molar-refractivity contribution in [2.75, 3.05) is 13.7 Å². The van der Waals surface area contributed by atoms with E-state index in [-0.39, 0.29) is 17.5 Å². The maximum absolute atomic E-state index is 12.0. The monoisotopic (exact) mass is 289 g/mol. The molecule has 0 saturated heterocycles. The molecule has 1 N–H and O–H groups in total. The average molecular weight is 289 g/mol. The van der Waals surface area contributed by atoms with Gasteiger partial charge in [-0.25, -0.2) is 0 Å². The van der Waals surface area contributed by atoms with Crippen LogP contribution in [0.15, 0.2) is 30.5 Å². The van der Waals surface area contributed by atoms with Gasteiger partial charge < -0.3 is 14.5 Å². The summed E-state index contributed by atoms with van der Waals surface area (Å²) in [7, 11) is 1.42. The highest BCUT2D eigenvalue weighted by Crippen LogP contribution is 2.22. The van der Waals surface area contributed by atoms with Crippen LogP contribution in [0.25, 0.3) is 10.9 Å². The molecule has 0 fully saturated rings. The van der Waals surface area contributed by atoms with Crippen molar-refractivity contribution >= 4 is 16.9 Å². The van der Waals surface area contributed by atoms with Crippen molar-refractivity contribution in [1.82, 2.24) is 4.98 Å². The number of hydrogen-bond acceptors (Lipinski definition) is 3. The molecule has 0 amide bonds. The van der Waals surface area contributed by atoms with Crippen LogP contribution in [-0.2, 0) is 20.7 Å². The van der Waals surface area contributed by atoms with Gasteiger partial charge in [-0.1, -0.05) is 18.2 Å². The number of hydrogen-bond donors (Lipinski definition) is 1. The number of esters is 1. The maximum Gasteiger partial charge on any atom is 0.311 e. The zero-order valence-corrected chi connectivity index (χ0v) is 13.1. The first-order chi connectivity index (χ1) is 9.90. The molecule has 0 aliphatic heterocycles. The van der Waals surface area contributed by atoms with Crippen LogP contribution in [0, 0.1) is 5.92 Å². The topological polar surface area (TPSA) is 51.3 Å². The maximum atomic E-state index is 12.0. The molecule has 0 radical (unpaired) electrons. The fraction of sp³-hybridized carbons (Fsp3) is 0.471. The number of rotatable bonds is 5. The lowest BCUT2D eigenvalue weighted by Crippen LogP contribution is -2.29. The first-order valence-electron chi connectivity index (χ1n) is 7.17. The van der Waals surface area contributed by atoms with Crippen molar-refractivity contribution in [2.45, 2.75) is 32.8 Å². The van der Waals surface area contributed by atoms with Crippen LogP contribution in [0.3, 0.4) is 0 Å². The van der Waals surface area contributed by atoms with Gasteiger partial charge in [0.15, 0.2) is 0 Å². The lowest BCUT2D eigenvalue weighted by atomic mass is 9.99. The van der Waals surface area contributed by atoms with Crippen LogP contribution in [-0.4, -0.2) is 30.3 Å². The molecule has 1 aromatic heterocycles. The summed E-state index contributed by atoms with van der Waals surface area (Å²) in [6.07, 6.45) is 2.56. The minimum atomic E-state index is -0.298. The smallest absolute Gasteiger partial charge is 0.311 e. The number of aromatic nitrogens is 1. The highest BCUT2D eigenvalue weighted by Gasteiger charge is 2.24. The second-order valence-electron chi connectivity index (χ2n) is 6.21. The second kappa shape index (κ2) is 6.31. The quantitative estimate of drug-likeness (QED) is 0.859. The van der Waals surface area contributed by atoms with Crippen LogP contribution < -0.4 is 0 Å². The molecule has 4 nitrogen and oxygen atoms in total. The van der Waals surface area contributed by atoms with Crippen LogP contribution >= 0.6 is 0 Å². The van der Waals surface area contributed by atoms with Gasteiger partial charge in [-0.2, -0.15) is 0 Å². The Morgan fingerprint density at radius 1 is 1.29 bits per heavy atom. The predicted molar refractivity (Wildman–Crippen MR) is 83.2 cm³/mol. The summed E-state index contributed by atoms with van der Waals surface area (Å²) < 4.78 is 10.7. The summed E-state index contributed by atoms with van der Waals surface area (Å²) in [6.45, 7) is 6.29. The Kier molecular flexibility index (Phi) is 4.68. The largest absolute Gasteiger partial charge is 0.469 e. The van der Waals surface area contributed by atoms with Gasteiger partial charge >= 0.3 is 5.97 Å². The Hall–Kier alpha value is -1.81. The molecule has 1 aromatic carbocycles. The summed E-state index contributed by atoms with van der Waals surface area (Å²) >= 11 is 0. The Labute approximate surface area is 125 Å². The van der Waals surface area contributed by atoms with Gasteiger partial charge in [-0.3, -0.25) is 4.79 Å². The minimum Gasteiger partial charge on any atom is -0.469 e. The Bertz CT molecular complexity index is 610. The van der Waals surface area contributed by atoms with Gasteiger partial charge in [0.05, 0.1) is 25.2 Å². The molecule has 4 heteroatoms. The zero-order valence-electron chi connectivity index (χ0n) is 13.1. The van der Waals surface area contributed by atoms with E-state index in [1.54, 1.807) is 0 Å². The van der Waals surface area contributed by atoms with Crippen LogP contribution in [0.1, 0.15) is 26.3 Å². The first-order valence-corrected chi connectivity index (χ1v) is 7.17. The van der Waals surface area contributed by atoms with E-state index in [9.17, 15) is 4.79 Å². The lowest BCUT2D eigenvalue weighted by molar-refractivity contribution is -0.149. The Morgan fingerprint density at radius 2 is 2.00 bits per heavy atom. The summed E-state index contributed by atoms with van der Waals surface area (Å²) in [5, 5.41) is 1.14. The fourth-order valence-corrected chi connectivity index (χ4v) is 2.29. The number of ether oxygens (including phenoxy) is 2. The number of nitrogens with one attached hydrogen (secondary N) is 1. The van der Waals surface area contributed by atoms with Gasteiger partial charge in [0.1, 0.15) is 0 Å². The number of carbonyl (C=O) groups excluding carboxylic acids is 1. The number of para-hydroxylation sites is 1. The van der Waals surface area contributed by atoms with Gasteiger partial charge in [-0.15, -0.1) is 0 Å². The molecule has 1 unspecified atom stereocenters. The highest BCUT2D eigenvalue weighted by molar-refractivity contribution is 5.84. The third kappa shape index (κ3) is 4.08. The number of benzene rings is 1. The normalized spacial score (nSPS) is 13.3. The molecule has 0 aliphatic carbocycles. The fourth-order valence-electron chi connectivity index (χ4n) is 2.29. The van der Waals surface area contributed by atoms with Crippen molar-refractivity contribution in [3.63, 3.8) is 0 Å². The molecule has 0 saturated carbocycles. The van der Waals surface area contributed by atoms with E-state index in [1.165, 1.54) is 7.11 Å². The Balaban J connectivity index is 2.16. The third-order valence-corrected chi connectivity index (χ3v) is 3.39. The average Bonchev–Trinajstić information content (AvgIpc) is 2.85. The van der Waals surface area contributed by atoms with Crippen LogP contribution in [0.2, 0.25) is 0 Å². The first kappa shape index (κ1) is 15.6. The number of H-pyrrole nitrogens is 1. The summed E-state index contributed by atoms with van der Waals surface area (Å²) in [6, 6.07) is 8.07. The standard InChI is InChI=1S/C17H23NO3/c1-17(2,3)21-11-13(16(19)20-4)9-12-10-18-15-8-6-5-7-14(12)15/h5-8,10,13,18H,9,11H2,1-4H3. The van der Waals surface area contributed by atoms with Crippen molar-refractivity contribution in [1.29, 1.82) is 0 Å². The molecule has 2 aromatic rings. The van der Waals surface area contributed by atoms with Crippen molar-refractivity contribution < 1.29 is 14.3 Å². The zero-order chi connectivity index (χ0) is 15.5. The molecule has 2 rings (SSSR count). The van der Waals surface area contributed by atoms with Crippen molar-refractivity contribution in [2.24, 2.45) is 5.92 Å². The molecule has 1 heterocycles. The van der Waals surface area contributed by atoms with Gasteiger partial charge in [0, 0.05) is 17.1 Å². The molecular weight excluding hydrogens is 266 g/mol. The SMILES string of the molecule is COC(=O)C(COC(C)(C)C)Cc1c[nH]c2ccccc12. The van der Waals surface area contributed by atoms with Crippen LogP contribution in [0.4, 0.5) is 0 Å². The van der Waals surface area contributed by atoms with E-state index in [2.05, 4.69) is 11.1 Å². The predicted octanol–water partition coefficient (Wildman–Crippen LogP) is 3.31. The van der Waals surface area contributed by atoms with E-state index in [0.717, 1.165) is 16.5 Å². The number of fused-ring (bicyclic) bond motifs is 1. The van der Waals surface area contributed by atoms with Gasteiger partial charge in [-0.05, 0) is 38.8 Å². The molecule has 0 bridgehead atoms. The van der Waals surface area contributed by atoms with E-state index < -0.39 is 0 Å². The second-order valence-corrected chi connectivity index (χ2v) is 6.21. The molecule has 21 heavy (non-hydrogen) atoms.